The lowest BCUT2D eigenvalue weighted by Crippen LogP contribution is -2.43. The number of amides is 2. The van der Waals surface area contributed by atoms with Crippen LogP contribution in [0.25, 0.3) is 0 Å². The molecule has 1 N–H and O–H groups in total. The Kier molecular flexibility index (Phi) is 6.96. The molecule has 0 unspecified atom stereocenters. The molecule has 3 atom stereocenters. The molecule has 3 rings (SSSR count). The number of thiol groups is 1. The third-order valence-electron chi connectivity index (χ3n) is 5.46. The minimum Gasteiger partial charge on any atom is -0.445 e. The smallest absolute Gasteiger partial charge is 0.407 e. The van der Waals surface area contributed by atoms with Crippen LogP contribution in [0.3, 0.4) is 0 Å². The molecule has 0 bridgehead atoms. The first-order chi connectivity index (χ1) is 13.8. The largest absolute Gasteiger partial charge is 0.445 e. The van der Waals surface area contributed by atoms with E-state index in [1.54, 1.807) is 12.1 Å². The van der Waals surface area contributed by atoms with Crippen LogP contribution in [0.2, 0.25) is 0 Å². The Labute approximate surface area is 174 Å². The Bertz CT molecular complexity index is 759. The third-order valence-corrected chi connectivity index (χ3v) is 5.83. The lowest BCUT2D eigenvalue weighted by molar-refractivity contribution is -0.384. The second-order valence-corrected chi connectivity index (χ2v) is 8.39. The number of hydrogen-bond donors (Lipinski definition) is 2. The lowest BCUT2D eigenvalue weighted by Gasteiger charge is -2.25. The van der Waals surface area contributed by atoms with Crippen molar-refractivity contribution in [1.82, 2.24) is 15.1 Å². The molecule has 0 aliphatic carbocycles. The Hall–Kier alpha value is -2.33. The van der Waals surface area contributed by atoms with Gasteiger partial charge in [-0.25, -0.2) is 4.79 Å². The first-order valence-corrected chi connectivity index (χ1v) is 10.2. The zero-order valence-corrected chi connectivity index (χ0v) is 17.2. The highest BCUT2D eigenvalue weighted by atomic mass is 32.1. The van der Waals surface area contributed by atoms with Gasteiger partial charge in [0.05, 0.1) is 11.0 Å². The number of carbonyl (C=O) groups excluding carboxylic acids is 2. The Balaban J connectivity index is 1.37. The van der Waals surface area contributed by atoms with E-state index in [1.807, 2.05) is 11.9 Å². The first-order valence-electron chi connectivity index (χ1n) is 9.64. The van der Waals surface area contributed by atoms with Gasteiger partial charge in [0.1, 0.15) is 6.61 Å². The van der Waals surface area contributed by atoms with Crippen LogP contribution in [0.15, 0.2) is 24.3 Å². The van der Waals surface area contributed by atoms with Crippen LogP contribution >= 0.6 is 12.6 Å². The molecular weight excluding hydrogens is 396 g/mol. The van der Waals surface area contributed by atoms with Crippen molar-refractivity contribution in [2.24, 2.45) is 5.92 Å². The van der Waals surface area contributed by atoms with E-state index >= 15 is 0 Å². The van der Waals surface area contributed by atoms with Crippen LogP contribution in [-0.2, 0) is 16.1 Å². The van der Waals surface area contributed by atoms with Crippen molar-refractivity contribution < 1.29 is 19.2 Å². The average molecular weight is 423 g/mol. The van der Waals surface area contributed by atoms with Crippen LogP contribution in [0.4, 0.5) is 10.5 Å². The normalized spacial score (nSPS) is 24.5. The molecule has 10 heteroatoms. The Morgan fingerprint density at radius 2 is 2.03 bits per heavy atom. The van der Waals surface area contributed by atoms with Gasteiger partial charge in [-0.2, -0.15) is 12.6 Å². The number of nitrogens with one attached hydrogen (secondary N) is 1. The van der Waals surface area contributed by atoms with Crippen molar-refractivity contribution >= 4 is 30.3 Å². The summed E-state index contributed by atoms with van der Waals surface area (Å²) in [6, 6.07) is 5.76. The van der Waals surface area contributed by atoms with Crippen molar-refractivity contribution in [3.63, 3.8) is 0 Å². The van der Waals surface area contributed by atoms with Crippen molar-refractivity contribution in [3.8, 4) is 0 Å². The van der Waals surface area contributed by atoms with E-state index in [0.29, 0.717) is 25.2 Å². The fourth-order valence-electron chi connectivity index (χ4n) is 3.81. The van der Waals surface area contributed by atoms with Crippen LogP contribution in [0.1, 0.15) is 18.4 Å². The fraction of sp³-hybridized carbons (Fsp3) is 0.579. The number of rotatable bonds is 6. The maximum Gasteiger partial charge on any atom is 0.407 e. The summed E-state index contributed by atoms with van der Waals surface area (Å²) < 4.78 is 5.15. The molecule has 0 radical (unpaired) electrons. The van der Waals surface area contributed by atoms with Gasteiger partial charge >= 0.3 is 6.09 Å². The van der Waals surface area contributed by atoms with Crippen LogP contribution in [-0.4, -0.2) is 71.2 Å². The third kappa shape index (κ3) is 5.60. The number of alkyl carbamates (subject to hydrolysis) is 1. The Morgan fingerprint density at radius 1 is 1.31 bits per heavy atom. The van der Waals surface area contributed by atoms with Gasteiger partial charge in [0, 0.05) is 43.6 Å². The molecule has 1 aromatic rings. The van der Waals surface area contributed by atoms with Crippen LogP contribution < -0.4 is 5.32 Å². The average Bonchev–Trinajstić information content (AvgIpc) is 3.30. The summed E-state index contributed by atoms with van der Waals surface area (Å²) in [6.45, 7) is 2.63. The molecule has 2 saturated heterocycles. The van der Waals surface area contributed by atoms with Crippen molar-refractivity contribution in [2.75, 3.05) is 33.2 Å². The van der Waals surface area contributed by atoms with Gasteiger partial charge in [-0.3, -0.25) is 19.8 Å². The number of nitrogens with zero attached hydrogens (tertiary/aromatic N) is 3. The summed E-state index contributed by atoms with van der Waals surface area (Å²) in [5.74, 6) is 0.344. The second kappa shape index (κ2) is 9.45. The summed E-state index contributed by atoms with van der Waals surface area (Å²) in [5.41, 5.74) is 0.666. The molecule has 2 amide bonds. The molecule has 2 aliphatic heterocycles. The lowest BCUT2D eigenvalue weighted by atomic mass is 10.1. The monoisotopic (exact) mass is 422 g/mol. The van der Waals surface area contributed by atoms with Crippen molar-refractivity contribution in [2.45, 2.75) is 30.7 Å². The summed E-state index contributed by atoms with van der Waals surface area (Å²) in [6.07, 6.45) is 1.07. The van der Waals surface area contributed by atoms with Crippen LogP contribution in [0.5, 0.6) is 0 Å². The highest BCUT2D eigenvalue weighted by Gasteiger charge is 2.37. The number of hydrogen-bond acceptors (Lipinski definition) is 7. The molecule has 158 valence electrons. The number of likely N-dealkylation sites (N-methyl/N-ethyl adjacent to an activating group) is 1. The van der Waals surface area contributed by atoms with Gasteiger partial charge in [0.15, 0.2) is 0 Å². The van der Waals surface area contributed by atoms with E-state index in [1.165, 1.54) is 12.1 Å². The van der Waals surface area contributed by atoms with Gasteiger partial charge in [0.25, 0.3) is 5.69 Å². The molecule has 1 aromatic carbocycles. The SMILES string of the molecule is CN1C[C@@H](S)C[C@H]1C(=O)N1CC[C@@H](CNC(=O)OCc2ccc([N+](=O)[O-])cc2)C1. The standard InChI is InChI=1S/C19H26N4O5S/c1-21-11-16(29)8-17(21)18(24)22-7-6-14(10-22)9-20-19(25)28-12-13-2-4-15(5-3-13)23(26)27/h2-5,14,16-17,29H,6-12H2,1H3,(H,20,25)/t14-,16-,17-/m0/s1. The van der Waals surface area contributed by atoms with E-state index < -0.39 is 11.0 Å². The predicted octanol–water partition coefficient (Wildman–Crippen LogP) is 1.67. The number of benzene rings is 1. The van der Waals surface area contributed by atoms with E-state index in [-0.39, 0.29) is 35.4 Å². The maximum absolute atomic E-state index is 12.7. The number of non-ortho nitro benzene ring substituents is 1. The summed E-state index contributed by atoms with van der Waals surface area (Å²) in [4.78, 5) is 38.7. The number of likely N-dealkylation sites (tertiary alicyclic amines) is 2. The van der Waals surface area contributed by atoms with Gasteiger partial charge in [-0.15, -0.1) is 0 Å². The second-order valence-electron chi connectivity index (χ2n) is 7.66. The van der Waals surface area contributed by atoms with Crippen LogP contribution in [0, 0.1) is 16.0 Å². The minimum absolute atomic E-state index is 0.00720. The molecule has 2 fully saturated rings. The quantitative estimate of drug-likeness (QED) is 0.411. The van der Waals surface area contributed by atoms with Crippen molar-refractivity contribution in [3.05, 3.63) is 39.9 Å². The number of ether oxygens (including phenoxy) is 1. The van der Waals surface area contributed by atoms with Crippen molar-refractivity contribution in [1.29, 1.82) is 0 Å². The fourth-order valence-corrected chi connectivity index (χ4v) is 4.27. The topological polar surface area (TPSA) is 105 Å². The number of nitro groups is 1. The molecule has 2 heterocycles. The summed E-state index contributed by atoms with van der Waals surface area (Å²) in [5, 5.41) is 13.6. The highest BCUT2D eigenvalue weighted by molar-refractivity contribution is 7.81. The molecular formula is C19H26N4O5S. The van der Waals surface area contributed by atoms with E-state index in [9.17, 15) is 19.7 Å². The first kappa shape index (κ1) is 21.4. The Morgan fingerprint density at radius 3 is 2.66 bits per heavy atom. The molecule has 29 heavy (non-hydrogen) atoms. The molecule has 0 saturated carbocycles. The molecule has 2 aliphatic rings. The molecule has 9 nitrogen and oxygen atoms in total. The van der Waals surface area contributed by atoms with E-state index in [2.05, 4.69) is 22.8 Å². The van der Waals surface area contributed by atoms with Gasteiger partial charge in [0.2, 0.25) is 5.91 Å². The zero-order valence-electron chi connectivity index (χ0n) is 16.3. The predicted molar refractivity (Wildman–Crippen MR) is 110 cm³/mol. The van der Waals surface area contributed by atoms with E-state index in [4.69, 9.17) is 4.74 Å². The van der Waals surface area contributed by atoms with Gasteiger partial charge < -0.3 is 15.0 Å². The molecule has 0 spiro atoms. The number of carbonyl (C=O) groups is 2. The summed E-state index contributed by atoms with van der Waals surface area (Å²) in [7, 11) is 1.95. The van der Waals surface area contributed by atoms with E-state index in [0.717, 1.165) is 19.4 Å². The van der Waals surface area contributed by atoms with Gasteiger partial charge in [-0.05, 0) is 43.5 Å². The molecule has 0 aromatic heterocycles. The van der Waals surface area contributed by atoms with Gasteiger partial charge in [-0.1, -0.05) is 0 Å². The highest BCUT2D eigenvalue weighted by Crippen LogP contribution is 2.24. The minimum atomic E-state index is -0.540. The number of nitro benzene ring substituents is 1. The summed E-state index contributed by atoms with van der Waals surface area (Å²) >= 11 is 4.48. The maximum atomic E-state index is 12.7. The zero-order chi connectivity index (χ0) is 21.0.